The Labute approximate surface area is 48.9 Å². The Morgan fingerprint density at radius 2 is 2.12 bits per heavy atom. The molecule has 0 aliphatic heterocycles. The molecule has 0 aliphatic carbocycles. The van der Waals surface area contributed by atoms with Crippen molar-refractivity contribution in [2.24, 2.45) is 0 Å². The minimum atomic E-state index is -0.718. The van der Waals surface area contributed by atoms with Crippen LogP contribution in [0.15, 0.2) is 0 Å². The number of rotatable bonds is 2. The zero-order valence-corrected chi connectivity index (χ0v) is 5.00. The minimum Gasteiger partial charge on any atom is -0.377 e. The fraction of sp³-hybridized carbons (Fsp3) is 0.800. The summed E-state index contributed by atoms with van der Waals surface area (Å²) in [5, 5.41) is 20.3. The Morgan fingerprint density at radius 1 is 1.62 bits per heavy atom. The van der Waals surface area contributed by atoms with E-state index in [1.807, 2.05) is 6.07 Å². The zero-order chi connectivity index (χ0) is 6.57. The van der Waals surface area contributed by atoms with E-state index in [4.69, 9.17) is 10.4 Å². The molecule has 0 amide bonds. The highest BCUT2D eigenvalue weighted by Gasteiger charge is 2.01. The van der Waals surface area contributed by atoms with Crippen molar-refractivity contribution in [2.45, 2.75) is 26.1 Å². The fourth-order valence-corrected chi connectivity index (χ4v) is 0.357. The van der Waals surface area contributed by atoms with Crippen molar-refractivity contribution >= 4 is 0 Å². The van der Waals surface area contributed by atoms with Crippen molar-refractivity contribution in [2.75, 3.05) is 0 Å². The number of hydrogen-bond acceptors (Lipinski definition) is 2. The van der Waals surface area contributed by atoms with E-state index >= 15 is 0 Å². The molecular weight excluding hydrogens is 104 g/mol. The van der Waals surface area contributed by atoms with E-state index in [2.05, 4.69) is 5.32 Å². The standard InChI is InChI=1S/C5H9N2O/c1-4(3-6)7-5(2)8/h4-5,8H,1-2H3. The van der Waals surface area contributed by atoms with Crippen LogP contribution in [0.2, 0.25) is 0 Å². The predicted octanol–water partition coefficient (Wildman–Crippen LogP) is -0.159. The SMILES string of the molecule is CC(O)[N]C(C)C#N. The van der Waals surface area contributed by atoms with E-state index in [0.717, 1.165) is 0 Å². The molecule has 0 saturated heterocycles. The molecule has 0 rings (SSSR count). The molecule has 0 bridgehead atoms. The highest BCUT2D eigenvalue weighted by Crippen LogP contribution is 1.82. The maximum absolute atomic E-state index is 8.54. The van der Waals surface area contributed by atoms with Crippen LogP contribution in [-0.2, 0) is 0 Å². The van der Waals surface area contributed by atoms with Gasteiger partial charge in [-0.25, -0.2) is 0 Å². The number of aliphatic hydroxyl groups excluding tert-OH is 1. The van der Waals surface area contributed by atoms with Crippen LogP contribution in [-0.4, -0.2) is 17.4 Å². The quantitative estimate of drug-likeness (QED) is 0.541. The van der Waals surface area contributed by atoms with Crippen LogP contribution in [0.3, 0.4) is 0 Å². The summed E-state index contributed by atoms with van der Waals surface area (Å²) in [4.78, 5) is 0. The van der Waals surface area contributed by atoms with Crippen molar-refractivity contribution in [1.29, 1.82) is 5.26 Å². The van der Waals surface area contributed by atoms with Crippen molar-refractivity contribution in [1.82, 2.24) is 5.32 Å². The number of hydrogen-bond donors (Lipinski definition) is 1. The lowest BCUT2D eigenvalue weighted by atomic mass is 10.4. The van der Waals surface area contributed by atoms with Gasteiger partial charge in [0, 0.05) is 0 Å². The van der Waals surface area contributed by atoms with Crippen LogP contribution in [0.1, 0.15) is 13.8 Å². The molecular formula is C5H9N2O. The third-order valence-electron chi connectivity index (χ3n) is 0.626. The smallest absolute Gasteiger partial charge is 0.118 e. The normalized spacial score (nSPS) is 16.8. The molecule has 0 aromatic rings. The second-order valence-electron chi connectivity index (χ2n) is 1.59. The molecule has 0 aromatic heterocycles. The summed E-state index contributed by atoms with van der Waals surface area (Å²) in [5.74, 6) is 0. The average Bonchev–Trinajstić information content (AvgIpc) is 1.65. The maximum Gasteiger partial charge on any atom is 0.118 e. The molecule has 0 heterocycles. The number of nitriles is 1. The Kier molecular flexibility index (Phi) is 3.16. The van der Waals surface area contributed by atoms with Gasteiger partial charge >= 0.3 is 0 Å². The van der Waals surface area contributed by atoms with Gasteiger partial charge < -0.3 is 5.11 Å². The summed E-state index contributed by atoms with van der Waals surface area (Å²) in [6.07, 6.45) is -0.718. The first-order valence-electron chi connectivity index (χ1n) is 2.44. The molecule has 45 valence electrons. The molecule has 3 nitrogen and oxygen atoms in total. The van der Waals surface area contributed by atoms with E-state index in [1.165, 1.54) is 6.92 Å². The third kappa shape index (κ3) is 3.59. The van der Waals surface area contributed by atoms with Gasteiger partial charge in [0.25, 0.3) is 0 Å². The molecule has 2 atom stereocenters. The molecule has 1 N–H and O–H groups in total. The van der Waals surface area contributed by atoms with Gasteiger partial charge in [0.05, 0.1) is 6.07 Å². The fourth-order valence-electron chi connectivity index (χ4n) is 0.357. The second-order valence-corrected chi connectivity index (χ2v) is 1.59. The monoisotopic (exact) mass is 113 g/mol. The summed E-state index contributed by atoms with van der Waals surface area (Å²) in [6, 6.07) is 1.48. The van der Waals surface area contributed by atoms with Crippen LogP contribution in [0.5, 0.6) is 0 Å². The first-order chi connectivity index (χ1) is 3.66. The van der Waals surface area contributed by atoms with Gasteiger partial charge in [0.15, 0.2) is 0 Å². The predicted molar refractivity (Wildman–Crippen MR) is 28.9 cm³/mol. The molecule has 0 aliphatic rings. The van der Waals surface area contributed by atoms with E-state index in [-0.39, 0.29) is 0 Å². The summed E-state index contributed by atoms with van der Waals surface area (Å²) < 4.78 is 0. The van der Waals surface area contributed by atoms with Crippen LogP contribution in [0.4, 0.5) is 0 Å². The summed E-state index contributed by atoms with van der Waals surface area (Å²) >= 11 is 0. The molecule has 0 aromatic carbocycles. The minimum absolute atomic E-state index is 0.394. The molecule has 3 heteroatoms. The van der Waals surface area contributed by atoms with Crippen molar-refractivity contribution in [3.05, 3.63) is 0 Å². The van der Waals surface area contributed by atoms with Gasteiger partial charge in [-0.2, -0.15) is 10.6 Å². The Hall–Kier alpha value is -0.590. The Balaban J connectivity index is 3.28. The summed E-state index contributed by atoms with van der Waals surface area (Å²) in [7, 11) is 0. The van der Waals surface area contributed by atoms with Crippen molar-refractivity contribution in [3.8, 4) is 6.07 Å². The first kappa shape index (κ1) is 7.41. The Morgan fingerprint density at radius 3 is 2.25 bits per heavy atom. The van der Waals surface area contributed by atoms with Gasteiger partial charge in [-0.05, 0) is 13.8 Å². The van der Waals surface area contributed by atoms with Crippen LogP contribution < -0.4 is 5.32 Å². The van der Waals surface area contributed by atoms with E-state index in [0.29, 0.717) is 0 Å². The van der Waals surface area contributed by atoms with Gasteiger partial charge in [-0.1, -0.05) is 0 Å². The zero-order valence-electron chi connectivity index (χ0n) is 5.00. The largest absolute Gasteiger partial charge is 0.377 e. The van der Waals surface area contributed by atoms with E-state index < -0.39 is 12.3 Å². The third-order valence-corrected chi connectivity index (χ3v) is 0.626. The lowest BCUT2D eigenvalue weighted by molar-refractivity contribution is 0.147. The lowest BCUT2D eigenvalue weighted by Crippen LogP contribution is -2.25. The Bertz CT molecular complexity index is 95.1. The van der Waals surface area contributed by atoms with Gasteiger partial charge in [0.2, 0.25) is 0 Å². The van der Waals surface area contributed by atoms with Crippen molar-refractivity contribution < 1.29 is 5.11 Å². The molecule has 0 spiro atoms. The molecule has 8 heavy (non-hydrogen) atoms. The maximum atomic E-state index is 8.54. The van der Waals surface area contributed by atoms with Gasteiger partial charge in [-0.3, -0.25) is 0 Å². The number of aliphatic hydroxyl groups is 1. The molecule has 2 unspecified atom stereocenters. The summed E-state index contributed by atoms with van der Waals surface area (Å²) in [5.41, 5.74) is 0. The van der Waals surface area contributed by atoms with Crippen LogP contribution in [0, 0.1) is 11.3 Å². The average molecular weight is 113 g/mol. The van der Waals surface area contributed by atoms with Crippen LogP contribution >= 0.6 is 0 Å². The second kappa shape index (κ2) is 3.42. The van der Waals surface area contributed by atoms with Crippen molar-refractivity contribution in [3.63, 3.8) is 0 Å². The first-order valence-corrected chi connectivity index (χ1v) is 2.44. The molecule has 0 saturated carbocycles. The van der Waals surface area contributed by atoms with Gasteiger partial charge in [-0.15, -0.1) is 0 Å². The highest BCUT2D eigenvalue weighted by atomic mass is 16.3. The molecule has 1 radical (unpaired) electrons. The van der Waals surface area contributed by atoms with Crippen LogP contribution in [0.25, 0.3) is 0 Å². The van der Waals surface area contributed by atoms with Gasteiger partial charge in [0.1, 0.15) is 12.3 Å². The summed E-state index contributed by atoms with van der Waals surface area (Å²) in [6.45, 7) is 3.15. The highest BCUT2D eigenvalue weighted by molar-refractivity contribution is 4.84. The lowest BCUT2D eigenvalue weighted by Gasteiger charge is -2.03. The topological polar surface area (TPSA) is 58.1 Å². The van der Waals surface area contributed by atoms with E-state index in [9.17, 15) is 0 Å². The van der Waals surface area contributed by atoms with E-state index in [1.54, 1.807) is 6.92 Å². The molecule has 0 fully saturated rings. The number of nitrogens with zero attached hydrogens (tertiary/aromatic N) is 2.